The molecular weight excluding hydrogens is 342 g/mol. The topological polar surface area (TPSA) is 79.4 Å². The molecule has 144 valence electrons. The molecule has 1 aromatic heterocycles. The fraction of sp³-hybridized carbons (Fsp3) is 0.450. The molecule has 1 aliphatic rings. The van der Waals surface area contributed by atoms with E-state index in [2.05, 4.69) is 44.6 Å². The lowest BCUT2D eigenvalue weighted by molar-refractivity contribution is 0.0932. The van der Waals surface area contributed by atoms with E-state index in [9.17, 15) is 4.79 Å². The van der Waals surface area contributed by atoms with Crippen molar-refractivity contribution in [2.45, 2.75) is 19.8 Å². The summed E-state index contributed by atoms with van der Waals surface area (Å²) in [5, 5.41) is 5.93. The predicted octanol–water partition coefficient (Wildman–Crippen LogP) is 2.83. The minimum atomic E-state index is -0.258. The minimum absolute atomic E-state index is 0.258. The van der Waals surface area contributed by atoms with Crippen molar-refractivity contribution < 1.29 is 9.53 Å². The number of piperidine rings is 1. The van der Waals surface area contributed by atoms with Crippen molar-refractivity contribution in [1.29, 1.82) is 0 Å². The molecule has 1 aromatic carbocycles. The van der Waals surface area contributed by atoms with Gasteiger partial charge >= 0.3 is 0 Å². The van der Waals surface area contributed by atoms with Gasteiger partial charge in [-0.3, -0.25) is 4.79 Å². The summed E-state index contributed by atoms with van der Waals surface area (Å²) in [5.41, 5.74) is 2.48. The summed E-state index contributed by atoms with van der Waals surface area (Å²) < 4.78 is 4.90. The molecule has 2 N–H and O–H groups in total. The molecular formula is C20H27N5O2. The lowest BCUT2D eigenvalue weighted by atomic mass is 9.99. The Morgan fingerprint density at radius 3 is 2.56 bits per heavy atom. The quantitative estimate of drug-likeness (QED) is 0.731. The molecule has 0 atom stereocenters. The zero-order valence-corrected chi connectivity index (χ0v) is 15.9. The molecule has 1 amide bonds. The molecule has 2 heterocycles. The highest BCUT2D eigenvalue weighted by Gasteiger charge is 2.15. The zero-order chi connectivity index (χ0) is 19.1. The van der Waals surface area contributed by atoms with Crippen LogP contribution < -0.4 is 15.5 Å². The van der Waals surface area contributed by atoms with Crippen molar-refractivity contribution in [3.63, 3.8) is 0 Å². The van der Waals surface area contributed by atoms with E-state index < -0.39 is 0 Å². The first-order valence-corrected chi connectivity index (χ1v) is 9.37. The molecule has 7 nitrogen and oxygen atoms in total. The van der Waals surface area contributed by atoms with Crippen LogP contribution in [0.3, 0.4) is 0 Å². The summed E-state index contributed by atoms with van der Waals surface area (Å²) in [5.74, 6) is 1.17. The molecule has 0 saturated carbocycles. The van der Waals surface area contributed by atoms with E-state index in [4.69, 9.17) is 4.74 Å². The molecule has 0 bridgehead atoms. The van der Waals surface area contributed by atoms with Crippen LogP contribution in [0.5, 0.6) is 0 Å². The highest BCUT2D eigenvalue weighted by atomic mass is 16.5. The highest BCUT2D eigenvalue weighted by molar-refractivity contribution is 5.92. The molecule has 7 heteroatoms. The van der Waals surface area contributed by atoms with Crippen molar-refractivity contribution in [3.8, 4) is 0 Å². The van der Waals surface area contributed by atoms with Gasteiger partial charge in [0.15, 0.2) is 0 Å². The van der Waals surface area contributed by atoms with Gasteiger partial charge in [0.05, 0.1) is 19.0 Å². The summed E-state index contributed by atoms with van der Waals surface area (Å²) in [7, 11) is 1.59. The first-order chi connectivity index (χ1) is 13.2. The number of carbonyl (C=O) groups is 1. The Balaban J connectivity index is 1.55. The van der Waals surface area contributed by atoms with Crippen molar-refractivity contribution in [2.24, 2.45) is 5.92 Å². The van der Waals surface area contributed by atoms with Gasteiger partial charge in [0, 0.05) is 38.1 Å². The fourth-order valence-corrected chi connectivity index (χ4v) is 3.04. The summed E-state index contributed by atoms with van der Waals surface area (Å²) in [4.78, 5) is 22.8. The molecule has 0 spiro atoms. The molecule has 0 radical (unpaired) electrons. The normalized spacial score (nSPS) is 14.8. The number of anilines is 3. The Bertz CT molecular complexity index is 725. The number of hydrogen-bond donors (Lipinski definition) is 2. The number of nitrogens with zero attached hydrogens (tertiary/aromatic N) is 3. The van der Waals surface area contributed by atoms with Crippen LogP contribution in [0.4, 0.5) is 17.2 Å². The Kier molecular flexibility index (Phi) is 6.59. The van der Waals surface area contributed by atoms with Gasteiger partial charge in [0.25, 0.3) is 5.91 Å². The molecule has 27 heavy (non-hydrogen) atoms. The lowest BCUT2D eigenvalue weighted by Gasteiger charge is -2.32. The van der Waals surface area contributed by atoms with Crippen LogP contribution in [0.2, 0.25) is 0 Å². The van der Waals surface area contributed by atoms with E-state index in [1.807, 2.05) is 12.1 Å². The summed E-state index contributed by atoms with van der Waals surface area (Å²) in [6, 6.07) is 8.34. The van der Waals surface area contributed by atoms with Crippen LogP contribution in [-0.2, 0) is 4.74 Å². The standard InChI is InChI=1S/C20H27N5O2/c1-15-7-10-25(11-8-15)17-5-3-16(4-6-17)24-19-14-22-18(13-23-19)20(26)21-9-12-27-2/h3-6,13-15H,7-12H2,1-2H3,(H,21,26)(H,23,24). The summed E-state index contributed by atoms with van der Waals surface area (Å²) >= 11 is 0. The van der Waals surface area contributed by atoms with Crippen LogP contribution in [-0.4, -0.2) is 49.2 Å². The molecule has 3 rings (SSSR count). The SMILES string of the molecule is COCCNC(=O)c1cnc(Nc2ccc(N3CCC(C)CC3)cc2)cn1. The maximum absolute atomic E-state index is 11.9. The molecule has 1 fully saturated rings. The van der Waals surface area contributed by atoms with Crippen molar-refractivity contribution in [3.05, 3.63) is 42.4 Å². The van der Waals surface area contributed by atoms with E-state index in [1.165, 1.54) is 24.7 Å². The van der Waals surface area contributed by atoms with Gasteiger partial charge in [-0.2, -0.15) is 0 Å². The molecule has 0 unspecified atom stereocenters. The largest absolute Gasteiger partial charge is 0.383 e. The average Bonchev–Trinajstić information content (AvgIpc) is 2.70. The fourth-order valence-electron chi connectivity index (χ4n) is 3.04. The van der Waals surface area contributed by atoms with Gasteiger partial charge in [-0.1, -0.05) is 6.92 Å². The van der Waals surface area contributed by atoms with E-state index in [1.54, 1.807) is 13.3 Å². The van der Waals surface area contributed by atoms with Crippen molar-refractivity contribution >= 4 is 23.1 Å². The third kappa shape index (κ3) is 5.40. The van der Waals surface area contributed by atoms with Crippen molar-refractivity contribution in [2.75, 3.05) is 43.6 Å². The monoisotopic (exact) mass is 369 g/mol. The highest BCUT2D eigenvalue weighted by Crippen LogP contribution is 2.25. The number of nitrogens with one attached hydrogen (secondary N) is 2. The Labute approximate surface area is 160 Å². The maximum Gasteiger partial charge on any atom is 0.271 e. The van der Waals surface area contributed by atoms with Gasteiger partial charge in [0.1, 0.15) is 11.5 Å². The van der Waals surface area contributed by atoms with Gasteiger partial charge in [-0.15, -0.1) is 0 Å². The van der Waals surface area contributed by atoms with E-state index in [0.29, 0.717) is 19.0 Å². The van der Waals surface area contributed by atoms with Crippen LogP contribution in [0.1, 0.15) is 30.3 Å². The molecule has 0 aliphatic carbocycles. The first-order valence-electron chi connectivity index (χ1n) is 9.37. The lowest BCUT2D eigenvalue weighted by Crippen LogP contribution is -2.32. The number of hydrogen-bond acceptors (Lipinski definition) is 6. The van der Waals surface area contributed by atoms with Crippen molar-refractivity contribution in [1.82, 2.24) is 15.3 Å². The summed E-state index contributed by atoms with van der Waals surface area (Å²) in [6.45, 7) is 5.46. The second kappa shape index (κ2) is 9.32. The Hall–Kier alpha value is -2.67. The summed E-state index contributed by atoms with van der Waals surface area (Å²) in [6.07, 6.45) is 5.53. The van der Waals surface area contributed by atoms with E-state index >= 15 is 0 Å². The second-order valence-electron chi connectivity index (χ2n) is 6.88. The van der Waals surface area contributed by atoms with Crippen LogP contribution in [0.15, 0.2) is 36.7 Å². The van der Waals surface area contributed by atoms with E-state index in [-0.39, 0.29) is 11.6 Å². The number of methoxy groups -OCH3 is 1. The molecule has 1 aliphatic heterocycles. The van der Waals surface area contributed by atoms with Crippen LogP contribution in [0, 0.1) is 5.92 Å². The number of aromatic nitrogens is 2. The third-order valence-electron chi connectivity index (χ3n) is 4.76. The Morgan fingerprint density at radius 2 is 1.93 bits per heavy atom. The van der Waals surface area contributed by atoms with E-state index in [0.717, 1.165) is 24.7 Å². The van der Waals surface area contributed by atoms with Crippen LogP contribution >= 0.6 is 0 Å². The maximum atomic E-state index is 11.9. The van der Waals surface area contributed by atoms with Gasteiger partial charge in [-0.05, 0) is 43.0 Å². The number of benzene rings is 1. The van der Waals surface area contributed by atoms with Crippen LogP contribution in [0.25, 0.3) is 0 Å². The molecule has 2 aromatic rings. The van der Waals surface area contributed by atoms with Gasteiger partial charge < -0.3 is 20.3 Å². The third-order valence-corrected chi connectivity index (χ3v) is 4.76. The Morgan fingerprint density at radius 1 is 1.19 bits per heavy atom. The number of amides is 1. The number of ether oxygens (including phenoxy) is 1. The predicted molar refractivity (Wildman–Crippen MR) is 107 cm³/mol. The second-order valence-corrected chi connectivity index (χ2v) is 6.88. The number of carbonyl (C=O) groups excluding carboxylic acids is 1. The van der Waals surface area contributed by atoms with Gasteiger partial charge in [0.2, 0.25) is 0 Å². The zero-order valence-electron chi connectivity index (χ0n) is 15.9. The van der Waals surface area contributed by atoms with Gasteiger partial charge in [-0.25, -0.2) is 9.97 Å². The smallest absolute Gasteiger partial charge is 0.271 e. The number of rotatable bonds is 7. The molecule has 1 saturated heterocycles. The first kappa shape index (κ1) is 19.1. The minimum Gasteiger partial charge on any atom is -0.383 e. The average molecular weight is 369 g/mol.